The van der Waals surface area contributed by atoms with E-state index in [1.807, 2.05) is 24.3 Å². The number of rotatable bonds is 7. The van der Waals surface area contributed by atoms with E-state index in [-0.39, 0.29) is 0 Å². The van der Waals surface area contributed by atoms with Crippen LogP contribution in [0.15, 0.2) is 54.7 Å². The molecular weight excluding hydrogens is 371 g/mol. The SMILES string of the molecule is COc1ccc(Cl)cc1Nc1ccnc(NCCc2ccc(Cl)cc2)n1. The third-order valence-corrected chi connectivity index (χ3v) is 4.18. The van der Waals surface area contributed by atoms with Gasteiger partial charge in [-0.25, -0.2) is 4.98 Å². The van der Waals surface area contributed by atoms with Crippen molar-refractivity contribution in [2.75, 3.05) is 24.3 Å². The Kier molecular flexibility index (Phi) is 6.15. The van der Waals surface area contributed by atoms with Crippen LogP contribution in [0.3, 0.4) is 0 Å². The Morgan fingerprint density at radius 3 is 2.54 bits per heavy atom. The maximum Gasteiger partial charge on any atom is 0.224 e. The summed E-state index contributed by atoms with van der Waals surface area (Å²) in [6.07, 6.45) is 2.54. The summed E-state index contributed by atoms with van der Waals surface area (Å²) >= 11 is 12.0. The molecular formula is C19H18Cl2N4O. The lowest BCUT2D eigenvalue weighted by Crippen LogP contribution is -2.08. The van der Waals surface area contributed by atoms with Crippen LogP contribution in [0.5, 0.6) is 5.75 Å². The summed E-state index contributed by atoms with van der Waals surface area (Å²) < 4.78 is 5.34. The summed E-state index contributed by atoms with van der Waals surface area (Å²) in [7, 11) is 1.61. The molecule has 5 nitrogen and oxygen atoms in total. The fourth-order valence-corrected chi connectivity index (χ4v) is 2.70. The molecule has 0 aliphatic carbocycles. The molecule has 0 saturated carbocycles. The maximum atomic E-state index is 6.06. The van der Waals surface area contributed by atoms with Crippen molar-refractivity contribution in [3.63, 3.8) is 0 Å². The summed E-state index contributed by atoms with van der Waals surface area (Å²) in [5, 5.41) is 7.78. The number of anilines is 3. The van der Waals surface area contributed by atoms with E-state index >= 15 is 0 Å². The number of benzene rings is 2. The number of nitrogens with one attached hydrogen (secondary N) is 2. The van der Waals surface area contributed by atoms with Crippen LogP contribution < -0.4 is 15.4 Å². The number of nitrogens with zero attached hydrogens (tertiary/aromatic N) is 2. The normalized spacial score (nSPS) is 10.4. The molecule has 1 aromatic heterocycles. The summed E-state index contributed by atoms with van der Waals surface area (Å²) in [5.74, 6) is 1.88. The zero-order chi connectivity index (χ0) is 18.4. The second-order valence-electron chi connectivity index (χ2n) is 5.54. The molecule has 0 radical (unpaired) electrons. The van der Waals surface area contributed by atoms with Gasteiger partial charge in [0, 0.05) is 22.8 Å². The van der Waals surface area contributed by atoms with Crippen molar-refractivity contribution >= 4 is 40.7 Å². The Hall–Kier alpha value is -2.50. The quantitative estimate of drug-likeness (QED) is 0.582. The third kappa shape index (κ3) is 5.00. The van der Waals surface area contributed by atoms with E-state index in [2.05, 4.69) is 20.6 Å². The minimum Gasteiger partial charge on any atom is -0.495 e. The average Bonchev–Trinajstić information content (AvgIpc) is 2.64. The van der Waals surface area contributed by atoms with Crippen LogP contribution in [-0.2, 0) is 6.42 Å². The Balaban J connectivity index is 1.63. The first kappa shape index (κ1) is 18.3. The van der Waals surface area contributed by atoms with Crippen molar-refractivity contribution in [2.45, 2.75) is 6.42 Å². The fourth-order valence-electron chi connectivity index (χ4n) is 2.40. The highest BCUT2D eigenvalue weighted by Gasteiger charge is 2.06. The summed E-state index contributed by atoms with van der Waals surface area (Å²) in [6, 6.07) is 14.9. The number of aromatic nitrogens is 2. The van der Waals surface area contributed by atoms with Gasteiger partial charge in [-0.15, -0.1) is 0 Å². The lowest BCUT2D eigenvalue weighted by atomic mass is 10.1. The van der Waals surface area contributed by atoms with Gasteiger partial charge in [-0.2, -0.15) is 4.98 Å². The van der Waals surface area contributed by atoms with Gasteiger partial charge in [0.15, 0.2) is 0 Å². The van der Waals surface area contributed by atoms with Gasteiger partial charge in [-0.05, 0) is 48.4 Å². The molecule has 0 aliphatic rings. The molecule has 3 aromatic rings. The molecule has 7 heteroatoms. The predicted molar refractivity (Wildman–Crippen MR) is 107 cm³/mol. The molecule has 0 bridgehead atoms. The number of hydrogen-bond donors (Lipinski definition) is 2. The number of halogens is 2. The van der Waals surface area contributed by atoms with Crippen LogP contribution in [0.1, 0.15) is 5.56 Å². The minimum atomic E-state index is 0.546. The van der Waals surface area contributed by atoms with Crippen LogP contribution >= 0.6 is 23.2 Å². The van der Waals surface area contributed by atoms with Crippen molar-refractivity contribution in [1.82, 2.24) is 9.97 Å². The molecule has 3 rings (SSSR count). The average molecular weight is 389 g/mol. The van der Waals surface area contributed by atoms with Crippen LogP contribution in [-0.4, -0.2) is 23.6 Å². The fraction of sp³-hybridized carbons (Fsp3) is 0.158. The molecule has 26 heavy (non-hydrogen) atoms. The van der Waals surface area contributed by atoms with Crippen LogP contribution in [0.2, 0.25) is 10.0 Å². The second-order valence-corrected chi connectivity index (χ2v) is 6.41. The lowest BCUT2D eigenvalue weighted by Gasteiger charge is -2.12. The van der Waals surface area contributed by atoms with Gasteiger partial charge in [0.05, 0.1) is 12.8 Å². The summed E-state index contributed by atoms with van der Waals surface area (Å²) in [6.45, 7) is 0.714. The highest BCUT2D eigenvalue weighted by molar-refractivity contribution is 6.31. The predicted octanol–water partition coefficient (Wildman–Crippen LogP) is 5.19. The highest BCUT2D eigenvalue weighted by atomic mass is 35.5. The van der Waals surface area contributed by atoms with Crippen molar-refractivity contribution in [2.24, 2.45) is 0 Å². The number of ether oxygens (including phenoxy) is 1. The molecule has 0 fully saturated rings. The molecule has 0 saturated heterocycles. The van der Waals surface area contributed by atoms with Crippen LogP contribution in [0.4, 0.5) is 17.5 Å². The Labute approximate surface area is 162 Å². The molecule has 0 amide bonds. The third-order valence-electron chi connectivity index (χ3n) is 3.69. The lowest BCUT2D eigenvalue weighted by molar-refractivity contribution is 0.417. The topological polar surface area (TPSA) is 59.1 Å². The van der Waals surface area contributed by atoms with E-state index in [0.717, 1.165) is 17.1 Å². The number of hydrogen-bond acceptors (Lipinski definition) is 5. The molecule has 0 aliphatic heterocycles. The van der Waals surface area contributed by atoms with E-state index in [4.69, 9.17) is 27.9 Å². The standard InChI is InChI=1S/C19H18Cl2N4O/c1-26-17-7-6-15(21)12-16(17)24-18-9-11-23-19(25-18)22-10-8-13-2-4-14(20)5-3-13/h2-7,9,11-12H,8,10H2,1H3,(H2,22,23,24,25). The monoisotopic (exact) mass is 388 g/mol. The zero-order valence-electron chi connectivity index (χ0n) is 14.2. The molecule has 0 spiro atoms. The van der Waals surface area contributed by atoms with E-state index in [1.54, 1.807) is 37.6 Å². The van der Waals surface area contributed by atoms with Crippen molar-refractivity contribution in [3.05, 3.63) is 70.3 Å². The van der Waals surface area contributed by atoms with Gasteiger partial charge in [-0.3, -0.25) is 0 Å². The Morgan fingerprint density at radius 2 is 1.77 bits per heavy atom. The molecule has 1 heterocycles. The van der Waals surface area contributed by atoms with Gasteiger partial charge in [0.2, 0.25) is 5.95 Å². The van der Waals surface area contributed by atoms with E-state index in [9.17, 15) is 0 Å². The van der Waals surface area contributed by atoms with Crippen molar-refractivity contribution < 1.29 is 4.74 Å². The molecule has 0 unspecified atom stereocenters. The summed E-state index contributed by atoms with van der Waals surface area (Å²) in [5.41, 5.74) is 1.94. The van der Waals surface area contributed by atoms with Crippen LogP contribution in [0.25, 0.3) is 0 Å². The second kappa shape index (κ2) is 8.74. The van der Waals surface area contributed by atoms with E-state index in [1.165, 1.54) is 5.56 Å². The molecule has 0 atom stereocenters. The zero-order valence-corrected chi connectivity index (χ0v) is 15.7. The highest BCUT2D eigenvalue weighted by Crippen LogP contribution is 2.30. The molecule has 2 N–H and O–H groups in total. The van der Waals surface area contributed by atoms with E-state index < -0.39 is 0 Å². The van der Waals surface area contributed by atoms with Gasteiger partial charge >= 0.3 is 0 Å². The maximum absolute atomic E-state index is 6.06. The van der Waals surface area contributed by atoms with Gasteiger partial charge < -0.3 is 15.4 Å². The first-order valence-corrected chi connectivity index (χ1v) is 8.81. The van der Waals surface area contributed by atoms with Gasteiger partial charge in [0.25, 0.3) is 0 Å². The largest absolute Gasteiger partial charge is 0.495 e. The van der Waals surface area contributed by atoms with Crippen molar-refractivity contribution in [1.29, 1.82) is 0 Å². The Morgan fingerprint density at radius 1 is 1.00 bits per heavy atom. The van der Waals surface area contributed by atoms with Gasteiger partial charge in [0.1, 0.15) is 11.6 Å². The smallest absolute Gasteiger partial charge is 0.224 e. The molecule has 2 aromatic carbocycles. The van der Waals surface area contributed by atoms with Crippen molar-refractivity contribution in [3.8, 4) is 5.75 Å². The first-order chi connectivity index (χ1) is 12.6. The number of methoxy groups -OCH3 is 1. The Bertz CT molecular complexity index is 872. The minimum absolute atomic E-state index is 0.546. The summed E-state index contributed by atoms with van der Waals surface area (Å²) in [4.78, 5) is 8.71. The van der Waals surface area contributed by atoms with Crippen LogP contribution in [0, 0.1) is 0 Å². The first-order valence-electron chi connectivity index (χ1n) is 8.06. The van der Waals surface area contributed by atoms with E-state index in [0.29, 0.717) is 29.1 Å². The molecule has 134 valence electrons. The van der Waals surface area contributed by atoms with Gasteiger partial charge in [-0.1, -0.05) is 35.3 Å².